The van der Waals surface area contributed by atoms with Crippen LogP contribution in [0.1, 0.15) is 53.9 Å². The van der Waals surface area contributed by atoms with Crippen LogP contribution in [0.5, 0.6) is 0 Å². The molecule has 0 rings (SSSR count). The Morgan fingerprint density at radius 1 is 1.17 bits per heavy atom. The van der Waals surface area contributed by atoms with E-state index in [2.05, 4.69) is 20.8 Å². The van der Waals surface area contributed by atoms with Crippen LogP contribution in [0.2, 0.25) is 0 Å². The van der Waals surface area contributed by atoms with Crippen molar-refractivity contribution in [2.24, 2.45) is 11.8 Å². The van der Waals surface area contributed by atoms with Crippen LogP contribution < -0.4 is 0 Å². The van der Waals surface area contributed by atoms with Crippen molar-refractivity contribution in [2.45, 2.75) is 53.9 Å². The zero-order chi connectivity index (χ0) is 9.98. The molecule has 1 heteroatoms. The Balaban J connectivity index is 0. The first-order valence-corrected chi connectivity index (χ1v) is 5.21. The fourth-order valence-corrected chi connectivity index (χ4v) is 0.953. The minimum atomic E-state index is 0.530. The van der Waals surface area contributed by atoms with Crippen LogP contribution in [0.3, 0.4) is 0 Å². The molecule has 0 fully saturated rings. The van der Waals surface area contributed by atoms with E-state index in [1.807, 2.05) is 13.8 Å². The zero-order valence-electron chi connectivity index (χ0n) is 9.35. The molecule has 0 aliphatic rings. The van der Waals surface area contributed by atoms with Gasteiger partial charge < -0.3 is 5.41 Å². The number of hydrogen-bond acceptors (Lipinski definition) is 1. The van der Waals surface area contributed by atoms with Crippen molar-refractivity contribution in [3.8, 4) is 0 Å². The van der Waals surface area contributed by atoms with Gasteiger partial charge in [-0.2, -0.15) is 0 Å². The summed E-state index contributed by atoms with van der Waals surface area (Å²) in [5.74, 6) is 1.32. The van der Waals surface area contributed by atoms with Crippen LogP contribution in [0.25, 0.3) is 0 Å². The van der Waals surface area contributed by atoms with Gasteiger partial charge in [-0.05, 0) is 30.9 Å². The van der Waals surface area contributed by atoms with E-state index in [1.54, 1.807) is 6.21 Å². The normalized spacial score (nSPS) is 11.8. The number of hydrogen-bond donors (Lipinski definition) is 1. The molecule has 0 spiro atoms. The minimum Gasteiger partial charge on any atom is -0.313 e. The van der Waals surface area contributed by atoms with Gasteiger partial charge in [-0.3, -0.25) is 0 Å². The maximum absolute atomic E-state index is 7.08. The highest BCUT2D eigenvalue weighted by molar-refractivity contribution is 5.56. The molecule has 0 bridgehead atoms. The molecule has 1 atom stereocenters. The monoisotopic (exact) mass is 171 g/mol. The highest BCUT2D eigenvalue weighted by Gasteiger charge is 2.02. The van der Waals surface area contributed by atoms with E-state index >= 15 is 0 Å². The van der Waals surface area contributed by atoms with E-state index < -0.39 is 0 Å². The molecule has 0 aliphatic carbocycles. The molecule has 12 heavy (non-hydrogen) atoms. The lowest BCUT2D eigenvalue weighted by Gasteiger charge is -2.09. The highest BCUT2D eigenvalue weighted by atomic mass is 14.3. The molecule has 0 aromatic rings. The van der Waals surface area contributed by atoms with E-state index in [0.717, 1.165) is 12.3 Å². The number of nitrogens with one attached hydrogen (secondary N) is 1. The SMILES string of the molecule is CC.CCC(C=N)CCC(C)C. The lowest BCUT2D eigenvalue weighted by Crippen LogP contribution is -2.01. The van der Waals surface area contributed by atoms with Crippen molar-refractivity contribution in [2.75, 3.05) is 0 Å². The molecule has 1 nitrogen and oxygen atoms in total. The molecule has 0 aliphatic heterocycles. The molecular formula is C11H25N. The number of rotatable bonds is 5. The van der Waals surface area contributed by atoms with Gasteiger partial charge in [0.1, 0.15) is 0 Å². The molecule has 0 aromatic heterocycles. The third-order valence-electron chi connectivity index (χ3n) is 1.87. The Morgan fingerprint density at radius 2 is 1.67 bits per heavy atom. The molecule has 0 radical (unpaired) electrons. The molecule has 0 amide bonds. The fraction of sp³-hybridized carbons (Fsp3) is 0.909. The molecule has 1 unspecified atom stereocenters. The lowest BCUT2D eigenvalue weighted by atomic mass is 9.97. The summed E-state index contributed by atoms with van der Waals surface area (Å²) in [4.78, 5) is 0. The van der Waals surface area contributed by atoms with Gasteiger partial charge in [0, 0.05) is 0 Å². The largest absolute Gasteiger partial charge is 0.313 e. The molecule has 74 valence electrons. The third kappa shape index (κ3) is 9.67. The second-order valence-corrected chi connectivity index (χ2v) is 3.31. The van der Waals surface area contributed by atoms with E-state index in [-0.39, 0.29) is 0 Å². The summed E-state index contributed by atoms with van der Waals surface area (Å²) in [7, 11) is 0. The van der Waals surface area contributed by atoms with Gasteiger partial charge in [0.15, 0.2) is 0 Å². The highest BCUT2D eigenvalue weighted by Crippen LogP contribution is 2.12. The van der Waals surface area contributed by atoms with Crippen molar-refractivity contribution in [3.63, 3.8) is 0 Å². The smallest absolute Gasteiger partial charge is 0.00168 e. The van der Waals surface area contributed by atoms with Gasteiger partial charge in [0.05, 0.1) is 0 Å². The van der Waals surface area contributed by atoms with Gasteiger partial charge in [-0.1, -0.05) is 41.0 Å². The second kappa shape index (κ2) is 10.7. The molecule has 0 saturated carbocycles. The summed E-state index contributed by atoms with van der Waals surface area (Å²) >= 11 is 0. The summed E-state index contributed by atoms with van der Waals surface area (Å²) in [5, 5.41) is 7.08. The first-order valence-electron chi connectivity index (χ1n) is 5.21. The summed E-state index contributed by atoms with van der Waals surface area (Å²) in [6, 6.07) is 0. The standard InChI is InChI=1S/C9H19N.C2H6/c1-4-9(7-10)6-5-8(2)3;1-2/h7-10H,4-6H2,1-3H3;1-2H3. The van der Waals surface area contributed by atoms with Gasteiger partial charge >= 0.3 is 0 Å². The third-order valence-corrected chi connectivity index (χ3v) is 1.87. The van der Waals surface area contributed by atoms with Gasteiger partial charge in [0.25, 0.3) is 0 Å². The summed E-state index contributed by atoms with van der Waals surface area (Å²) in [6.45, 7) is 10.6. The van der Waals surface area contributed by atoms with Crippen LogP contribution in [0.4, 0.5) is 0 Å². The van der Waals surface area contributed by atoms with Gasteiger partial charge in [-0.15, -0.1) is 0 Å². The van der Waals surface area contributed by atoms with E-state index in [1.165, 1.54) is 12.8 Å². The second-order valence-electron chi connectivity index (χ2n) is 3.31. The first kappa shape index (κ1) is 14.2. The maximum atomic E-state index is 7.08. The van der Waals surface area contributed by atoms with Crippen LogP contribution >= 0.6 is 0 Å². The topological polar surface area (TPSA) is 23.9 Å². The minimum absolute atomic E-state index is 0.530. The van der Waals surface area contributed by atoms with E-state index in [4.69, 9.17) is 5.41 Å². The molecule has 0 saturated heterocycles. The van der Waals surface area contributed by atoms with Crippen LogP contribution in [-0.4, -0.2) is 6.21 Å². The molecule has 1 N–H and O–H groups in total. The molecule has 0 heterocycles. The fourth-order valence-electron chi connectivity index (χ4n) is 0.953. The summed E-state index contributed by atoms with van der Waals surface area (Å²) in [6.07, 6.45) is 5.16. The van der Waals surface area contributed by atoms with Crippen LogP contribution in [0.15, 0.2) is 0 Å². The zero-order valence-corrected chi connectivity index (χ0v) is 9.35. The van der Waals surface area contributed by atoms with Crippen molar-refractivity contribution in [1.82, 2.24) is 0 Å². The van der Waals surface area contributed by atoms with Gasteiger partial charge in [0.2, 0.25) is 0 Å². The Bertz CT molecular complexity index is 87.0. The van der Waals surface area contributed by atoms with Crippen molar-refractivity contribution >= 4 is 6.21 Å². The van der Waals surface area contributed by atoms with Gasteiger partial charge in [-0.25, -0.2) is 0 Å². The van der Waals surface area contributed by atoms with Crippen molar-refractivity contribution in [3.05, 3.63) is 0 Å². The van der Waals surface area contributed by atoms with Crippen molar-refractivity contribution in [1.29, 1.82) is 5.41 Å². The van der Waals surface area contributed by atoms with E-state index in [9.17, 15) is 0 Å². The predicted octanol–water partition coefficient (Wildman–Crippen LogP) is 4.12. The van der Waals surface area contributed by atoms with Crippen LogP contribution in [0, 0.1) is 17.2 Å². The van der Waals surface area contributed by atoms with Crippen molar-refractivity contribution < 1.29 is 0 Å². The predicted molar refractivity (Wildman–Crippen MR) is 58.0 cm³/mol. The first-order chi connectivity index (χ1) is 5.70. The quantitative estimate of drug-likeness (QED) is 0.602. The molecule has 0 aromatic carbocycles. The van der Waals surface area contributed by atoms with Crippen LogP contribution in [-0.2, 0) is 0 Å². The Morgan fingerprint density at radius 3 is 1.92 bits per heavy atom. The average molecular weight is 171 g/mol. The Kier molecular flexibility index (Phi) is 12.6. The Labute approximate surface area is 78.1 Å². The van der Waals surface area contributed by atoms with E-state index in [0.29, 0.717) is 5.92 Å². The molecular weight excluding hydrogens is 146 g/mol. The summed E-state index contributed by atoms with van der Waals surface area (Å²) in [5.41, 5.74) is 0. The maximum Gasteiger partial charge on any atom is -0.00168 e. The Hall–Kier alpha value is -0.330. The lowest BCUT2D eigenvalue weighted by molar-refractivity contribution is 0.493. The average Bonchev–Trinajstić information content (AvgIpc) is 2.09. The summed E-state index contributed by atoms with van der Waals surface area (Å²) < 4.78 is 0.